The molecule has 1 aromatic rings. The Hall–Kier alpha value is -1.29. The molecule has 4 heteroatoms. The van der Waals surface area contributed by atoms with Crippen molar-refractivity contribution in [1.29, 1.82) is 0 Å². The molecule has 0 saturated carbocycles. The first-order chi connectivity index (χ1) is 6.83. The summed E-state index contributed by atoms with van der Waals surface area (Å²) in [6, 6.07) is 3.51. The number of esters is 1. The van der Waals surface area contributed by atoms with E-state index >= 15 is 0 Å². The van der Waals surface area contributed by atoms with Gasteiger partial charge in [-0.05, 0) is 19.1 Å². The summed E-state index contributed by atoms with van der Waals surface area (Å²) in [5.41, 5.74) is 0. The summed E-state index contributed by atoms with van der Waals surface area (Å²) in [5.74, 6) is 0.379. The third-order valence-corrected chi connectivity index (χ3v) is 1.61. The fraction of sp³-hybridized carbons (Fsp3) is 0.500. The Morgan fingerprint density at radius 2 is 2.43 bits per heavy atom. The molecule has 0 aliphatic rings. The maximum atomic E-state index is 11.1. The number of hydrogen-bond donors (Lipinski definition) is 0. The molecule has 1 rings (SSSR count). The second kappa shape index (κ2) is 6.21. The van der Waals surface area contributed by atoms with Gasteiger partial charge in [0.25, 0.3) is 0 Å². The van der Waals surface area contributed by atoms with E-state index in [1.54, 1.807) is 18.4 Å². The van der Waals surface area contributed by atoms with E-state index in [0.717, 1.165) is 0 Å². The summed E-state index contributed by atoms with van der Waals surface area (Å²) in [4.78, 5) is 11.1. The van der Waals surface area contributed by atoms with Gasteiger partial charge in [-0.2, -0.15) is 0 Å². The number of furan rings is 1. The second-order valence-electron chi connectivity index (χ2n) is 2.69. The monoisotopic (exact) mass is 198 g/mol. The summed E-state index contributed by atoms with van der Waals surface area (Å²) < 4.78 is 14.9. The fourth-order valence-corrected chi connectivity index (χ4v) is 0.918. The molecule has 0 unspecified atom stereocenters. The van der Waals surface area contributed by atoms with Gasteiger partial charge in [0.05, 0.1) is 19.3 Å². The van der Waals surface area contributed by atoms with Crippen LogP contribution in [0.5, 0.6) is 0 Å². The average Bonchev–Trinajstić information content (AvgIpc) is 2.68. The van der Waals surface area contributed by atoms with Crippen molar-refractivity contribution in [2.45, 2.75) is 20.0 Å². The van der Waals surface area contributed by atoms with Crippen LogP contribution in [0.4, 0.5) is 0 Å². The number of carbonyl (C=O) groups excluding carboxylic acids is 1. The molecule has 4 nitrogen and oxygen atoms in total. The zero-order valence-electron chi connectivity index (χ0n) is 8.19. The van der Waals surface area contributed by atoms with Crippen molar-refractivity contribution in [3.05, 3.63) is 24.2 Å². The first kappa shape index (κ1) is 10.8. The average molecular weight is 198 g/mol. The van der Waals surface area contributed by atoms with Gasteiger partial charge in [0.1, 0.15) is 12.4 Å². The third kappa shape index (κ3) is 4.09. The Labute approximate surface area is 82.8 Å². The minimum atomic E-state index is -0.269. The zero-order chi connectivity index (χ0) is 10.2. The SMILES string of the molecule is CCOCCC(=O)OCc1ccco1. The van der Waals surface area contributed by atoms with Gasteiger partial charge in [0.15, 0.2) is 0 Å². The number of ether oxygens (including phenoxy) is 2. The molecule has 14 heavy (non-hydrogen) atoms. The zero-order valence-corrected chi connectivity index (χ0v) is 8.19. The quantitative estimate of drug-likeness (QED) is 0.516. The highest BCUT2D eigenvalue weighted by molar-refractivity contribution is 5.69. The Balaban J connectivity index is 2.09. The van der Waals surface area contributed by atoms with Gasteiger partial charge in [-0.25, -0.2) is 0 Å². The molecule has 0 N–H and O–H groups in total. The van der Waals surface area contributed by atoms with E-state index in [1.165, 1.54) is 0 Å². The van der Waals surface area contributed by atoms with Crippen LogP contribution in [0.1, 0.15) is 19.1 Å². The molecular weight excluding hydrogens is 184 g/mol. The van der Waals surface area contributed by atoms with Crippen molar-refractivity contribution in [2.75, 3.05) is 13.2 Å². The molecule has 0 bridgehead atoms. The molecule has 78 valence electrons. The fourth-order valence-electron chi connectivity index (χ4n) is 0.918. The molecule has 0 amide bonds. The lowest BCUT2D eigenvalue weighted by molar-refractivity contribution is -0.146. The highest BCUT2D eigenvalue weighted by atomic mass is 16.5. The molecule has 0 saturated heterocycles. The predicted molar refractivity (Wildman–Crippen MR) is 49.6 cm³/mol. The maximum Gasteiger partial charge on any atom is 0.308 e. The van der Waals surface area contributed by atoms with Crippen molar-refractivity contribution < 1.29 is 18.7 Å². The van der Waals surface area contributed by atoms with Crippen LogP contribution in [0.2, 0.25) is 0 Å². The molecule has 1 heterocycles. The summed E-state index contributed by atoms with van der Waals surface area (Å²) >= 11 is 0. The summed E-state index contributed by atoms with van der Waals surface area (Å²) in [5, 5.41) is 0. The van der Waals surface area contributed by atoms with E-state index in [1.807, 2.05) is 6.92 Å². The summed E-state index contributed by atoms with van der Waals surface area (Å²) in [6.45, 7) is 3.10. The lowest BCUT2D eigenvalue weighted by atomic mass is 10.4. The van der Waals surface area contributed by atoms with E-state index in [4.69, 9.17) is 13.9 Å². The van der Waals surface area contributed by atoms with E-state index in [0.29, 0.717) is 19.0 Å². The van der Waals surface area contributed by atoms with Crippen LogP contribution >= 0.6 is 0 Å². The third-order valence-electron chi connectivity index (χ3n) is 1.61. The van der Waals surface area contributed by atoms with Crippen molar-refractivity contribution in [3.8, 4) is 0 Å². The van der Waals surface area contributed by atoms with E-state index in [-0.39, 0.29) is 19.0 Å². The van der Waals surface area contributed by atoms with Crippen molar-refractivity contribution in [2.24, 2.45) is 0 Å². The molecule has 1 aromatic heterocycles. The molecule has 0 aliphatic carbocycles. The summed E-state index contributed by atoms with van der Waals surface area (Å²) in [7, 11) is 0. The highest BCUT2D eigenvalue weighted by Gasteiger charge is 2.03. The molecule has 0 aliphatic heterocycles. The molecule has 0 spiro atoms. The Morgan fingerprint density at radius 3 is 3.07 bits per heavy atom. The van der Waals surface area contributed by atoms with Crippen LogP contribution in [0, 0.1) is 0 Å². The van der Waals surface area contributed by atoms with Crippen LogP contribution in [-0.4, -0.2) is 19.2 Å². The van der Waals surface area contributed by atoms with Crippen molar-refractivity contribution in [1.82, 2.24) is 0 Å². The molecule has 0 aromatic carbocycles. The van der Waals surface area contributed by atoms with Crippen LogP contribution in [0.25, 0.3) is 0 Å². The lowest BCUT2D eigenvalue weighted by Gasteiger charge is -2.02. The Kier molecular flexibility index (Phi) is 4.78. The molecule has 0 radical (unpaired) electrons. The van der Waals surface area contributed by atoms with Crippen LogP contribution < -0.4 is 0 Å². The largest absolute Gasteiger partial charge is 0.466 e. The summed E-state index contributed by atoms with van der Waals surface area (Å²) in [6.07, 6.45) is 1.83. The first-order valence-corrected chi connectivity index (χ1v) is 4.58. The van der Waals surface area contributed by atoms with Gasteiger partial charge >= 0.3 is 5.97 Å². The molecular formula is C10H14O4. The predicted octanol–water partition coefficient (Wildman–Crippen LogP) is 1.75. The standard InChI is InChI=1S/C10H14O4/c1-2-12-7-5-10(11)14-8-9-4-3-6-13-9/h3-4,6H,2,5,7-8H2,1H3. The second-order valence-corrected chi connectivity index (χ2v) is 2.69. The van der Waals surface area contributed by atoms with E-state index < -0.39 is 0 Å². The number of hydrogen-bond acceptors (Lipinski definition) is 4. The minimum Gasteiger partial charge on any atom is -0.466 e. The van der Waals surface area contributed by atoms with Gasteiger partial charge in [-0.3, -0.25) is 4.79 Å². The van der Waals surface area contributed by atoms with Gasteiger partial charge in [-0.1, -0.05) is 0 Å². The van der Waals surface area contributed by atoms with Gasteiger partial charge in [0.2, 0.25) is 0 Å². The lowest BCUT2D eigenvalue weighted by Crippen LogP contribution is -2.08. The van der Waals surface area contributed by atoms with Gasteiger partial charge in [-0.15, -0.1) is 0 Å². The van der Waals surface area contributed by atoms with Crippen LogP contribution in [0.3, 0.4) is 0 Å². The van der Waals surface area contributed by atoms with Crippen LogP contribution in [-0.2, 0) is 20.9 Å². The molecule has 0 atom stereocenters. The smallest absolute Gasteiger partial charge is 0.308 e. The van der Waals surface area contributed by atoms with E-state index in [9.17, 15) is 4.79 Å². The van der Waals surface area contributed by atoms with Gasteiger partial charge < -0.3 is 13.9 Å². The first-order valence-electron chi connectivity index (χ1n) is 4.58. The number of carbonyl (C=O) groups is 1. The normalized spacial score (nSPS) is 10.1. The Bertz CT molecular complexity index is 253. The van der Waals surface area contributed by atoms with Crippen LogP contribution in [0.15, 0.2) is 22.8 Å². The highest BCUT2D eigenvalue weighted by Crippen LogP contribution is 2.02. The minimum absolute atomic E-state index is 0.192. The maximum absolute atomic E-state index is 11.1. The van der Waals surface area contributed by atoms with Crippen molar-refractivity contribution in [3.63, 3.8) is 0 Å². The van der Waals surface area contributed by atoms with E-state index in [2.05, 4.69) is 0 Å². The number of rotatable bonds is 6. The topological polar surface area (TPSA) is 48.7 Å². The Morgan fingerprint density at radius 1 is 1.57 bits per heavy atom. The van der Waals surface area contributed by atoms with Gasteiger partial charge in [0, 0.05) is 6.61 Å². The molecule has 0 fully saturated rings. The van der Waals surface area contributed by atoms with Crippen molar-refractivity contribution >= 4 is 5.97 Å².